The van der Waals surface area contributed by atoms with E-state index >= 15 is 0 Å². The minimum Gasteiger partial charge on any atom is -0.378 e. The second-order valence-electron chi connectivity index (χ2n) is 3.05. The third-order valence-corrected chi connectivity index (χ3v) is 3.29. The number of carbonyl (C=O) groups is 1. The summed E-state index contributed by atoms with van der Waals surface area (Å²) in [7, 11) is 0. The summed E-state index contributed by atoms with van der Waals surface area (Å²) < 4.78 is 5.78. The topological polar surface area (TPSA) is 38.3 Å². The number of morpholine rings is 1. The summed E-state index contributed by atoms with van der Waals surface area (Å²) in [6.07, 6.45) is 0. The molecule has 1 aliphatic heterocycles. The molecule has 14 heavy (non-hydrogen) atoms. The van der Waals surface area contributed by atoms with Crippen molar-refractivity contribution in [3.63, 3.8) is 0 Å². The smallest absolute Gasteiger partial charge is 0.184 e. The Balaban J connectivity index is 2.11. The molecule has 1 saturated heterocycles. The maximum absolute atomic E-state index is 11.9. The first-order valence-electron chi connectivity index (χ1n) is 4.37. The fourth-order valence-electron chi connectivity index (χ4n) is 1.39. The molecule has 1 atom stereocenters. The van der Waals surface area contributed by atoms with E-state index in [2.05, 4.69) is 5.32 Å². The van der Waals surface area contributed by atoms with E-state index in [0.29, 0.717) is 23.1 Å². The van der Waals surface area contributed by atoms with Crippen molar-refractivity contribution in [2.24, 2.45) is 0 Å². The summed E-state index contributed by atoms with van der Waals surface area (Å²) in [5, 5.41) is 4.92. The van der Waals surface area contributed by atoms with E-state index in [-0.39, 0.29) is 11.8 Å². The van der Waals surface area contributed by atoms with Gasteiger partial charge in [-0.3, -0.25) is 4.79 Å². The Morgan fingerprint density at radius 3 is 3.14 bits per heavy atom. The number of nitrogens with one attached hydrogen (secondary N) is 1. The van der Waals surface area contributed by atoms with Crippen molar-refractivity contribution < 1.29 is 9.53 Å². The van der Waals surface area contributed by atoms with E-state index in [0.717, 1.165) is 6.54 Å². The van der Waals surface area contributed by atoms with Crippen molar-refractivity contribution in [1.29, 1.82) is 0 Å². The zero-order chi connectivity index (χ0) is 9.97. The summed E-state index contributed by atoms with van der Waals surface area (Å²) in [6, 6.07) is 1.52. The van der Waals surface area contributed by atoms with Crippen LogP contribution in [0.3, 0.4) is 0 Å². The second kappa shape index (κ2) is 4.40. The second-order valence-corrected chi connectivity index (χ2v) is 4.57. The normalized spacial score (nSPS) is 22.2. The van der Waals surface area contributed by atoms with Gasteiger partial charge < -0.3 is 10.1 Å². The fraction of sp³-hybridized carbons (Fsp3) is 0.444. The monoisotopic (exact) mass is 231 g/mol. The molecule has 1 aromatic heterocycles. The van der Waals surface area contributed by atoms with Gasteiger partial charge in [-0.1, -0.05) is 11.6 Å². The average molecular weight is 232 g/mol. The Kier molecular flexibility index (Phi) is 3.18. The molecule has 0 amide bonds. The van der Waals surface area contributed by atoms with Gasteiger partial charge in [-0.05, 0) is 11.4 Å². The predicted molar refractivity (Wildman–Crippen MR) is 56.3 cm³/mol. The lowest BCUT2D eigenvalue weighted by atomic mass is 10.1. The molecular formula is C9H10ClNO2S. The lowest BCUT2D eigenvalue weighted by molar-refractivity contribution is 0.0608. The average Bonchev–Trinajstić information content (AvgIpc) is 2.65. The summed E-state index contributed by atoms with van der Waals surface area (Å²) in [6.45, 7) is 1.82. The molecule has 0 spiro atoms. The van der Waals surface area contributed by atoms with Crippen LogP contribution in [0.4, 0.5) is 0 Å². The zero-order valence-corrected chi connectivity index (χ0v) is 9.03. The Hall–Kier alpha value is -0.420. The molecule has 2 rings (SSSR count). The van der Waals surface area contributed by atoms with Crippen molar-refractivity contribution >= 4 is 28.7 Å². The fourth-order valence-corrected chi connectivity index (χ4v) is 2.32. The highest BCUT2D eigenvalue weighted by atomic mass is 35.5. The van der Waals surface area contributed by atoms with Crippen LogP contribution >= 0.6 is 22.9 Å². The van der Waals surface area contributed by atoms with Crippen LogP contribution in [0.2, 0.25) is 4.34 Å². The van der Waals surface area contributed by atoms with E-state index in [4.69, 9.17) is 16.3 Å². The SMILES string of the molecule is O=C(c1ccsc1Cl)C1COCCN1. The van der Waals surface area contributed by atoms with Crippen LogP contribution in [0.15, 0.2) is 11.4 Å². The Bertz CT molecular complexity index is 333. The van der Waals surface area contributed by atoms with Crippen molar-refractivity contribution in [3.05, 3.63) is 21.3 Å². The largest absolute Gasteiger partial charge is 0.378 e. The van der Waals surface area contributed by atoms with Crippen LogP contribution in [0.5, 0.6) is 0 Å². The number of hydrogen-bond donors (Lipinski definition) is 1. The molecule has 0 radical (unpaired) electrons. The molecule has 76 valence electrons. The molecule has 0 saturated carbocycles. The number of thiophene rings is 1. The zero-order valence-electron chi connectivity index (χ0n) is 7.46. The molecule has 1 fully saturated rings. The van der Waals surface area contributed by atoms with Gasteiger partial charge in [-0.25, -0.2) is 0 Å². The van der Waals surface area contributed by atoms with Crippen molar-refractivity contribution in [3.8, 4) is 0 Å². The Labute approximate surface area is 91.0 Å². The molecule has 5 heteroatoms. The van der Waals surface area contributed by atoms with Gasteiger partial charge in [-0.2, -0.15) is 0 Å². The molecule has 0 aromatic carbocycles. The number of ketones is 1. The molecule has 1 N–H and O–H groups in total. The summed E-state index contributed by atoms with van der Waals surface area (Å²) >= 11 is 7.26. The molecule has 3 nitrogen and oxygen atoms in total. The minimum absolute atomic E-state index is 0.0240. The van der Waals surface area contributed by atoms with Crippen LogP contribution in [0.1, 0.15) is 10.4 Å². The highest BCUT2D eigenvalue weighted by molar-refractivity contribution is 7.14. The van der Waals surface area contributed by atoms with Crippen LogP contribution in [-0.4, -0.2) is 31.6 Å². The van der Waals surface area contributed by atoms with Gasteiger partial charge in [0.1, 0.15) is 4.34 Å². The lowest BCUT2D eigenvalue weighted by Gasteiger charge is -2.22. The highest BCUT2D eigenvalue weighted by Gasteiger charge is 2.24. The van der Waals surface area contributed by atoms with Gasteiger partial charge in [0, 0.05) is 12.1 Å². The molecule has 1 aromatic rings. The van der Waals surface area contributed by atoms with Crippen molar-refractivity contribution in [2.75, 3.05) is 19.8 Å². The van der Waals surface area contributed by atoms with Gasteiger partial charge in [-0.15, -0.1) is 11.3 Å². The first kappa shape index (κ1) is 10.1. The molecular weight excluding hydrogens is 222 g/mol. The number of halogens is 1. The number of hydrogen-bond acceptors (Lipinski definition) is 4. The number of Topliss-reactive ketones (excluding diaryl/α,β-unsaturated/α-hetero) is 1. The lowest BCUT2D eigenvalue weighted by Crippen LogP contribution is -2.46. The number of carbonyl (C=O) groups excluding carboxylic acids is 1. The Morgan fingerprint density at radius 1 is 1.71 bits per heavy atom. The van der Waals surface area contributed by atoms with E-state index in [9.17, 15) is 4.79 Å². The van der Waals surface area contributed by atoms with Crippen molar-refractivity contribution in [1.82, 2.24) is 5.32 Å². The molecule has 0 aliphatic carbocycles. The molecule has 2 heterocycles. The van der Waals surface area contributed by atoms with E-state index in [1.165, 1.54) is 11.3 Å². The third kappa shape index (κ3) is 1.98. The molecule has 0 bridgehead atoms. The van der Waals surface area contributed by atoms with Gasteiger partial charge >= 0.3 is 0 Å². The van der Waals surface area contributed by atoms with Crippen LogP contribution in [0.25, 0.3) is 0 Å². The summed E-state index contributed by atoms with van der Waals surface area (Å²) in [5.74, 6) is 0.0240. The predicted octanol–water partition coefficient (Wildman–Crippen LogP) is 1.57. The summed E-state index contributed by atoms with van der Waals surface area (Å²) in [5.41, 5.74) is 0.597. The highest BCUT2D eigenvalue weighted by Crippen LogP contribution is 2.24. The number of rotatable bonds is 2. The van der Waals surface area contributed by atoms with Crippen molar-refractivity contribution in [2.45, 2.75) is 6.04 Å². The van der Waals surface area contributed by atoms with Crippen LogP contribution in [-0.2, 0) is 4.74 Å². The van der Waals surface area contributed by atoms with Crippen LogP contribution < -0.4 is 5.32 Å². The first-order valence-corrected chi connectivity index (χ1v) is 5.63. The Morgan fingerprint density at radius 2 is 2.57 bits per heavy atom. The van der Waals surface area contributed by atoms with E-state index in [1.807, 2.05) is 5.38 Å². The van der Waals surface area contributed by atoms with E-state index in [1.54, 1.807) is 6.07 Å². The van der Waals surface area contributed by atoms with Gasteiger partial charge in [0.25, 0.3) is 0 Å². The maximum atomic E-state index is 11.9. The van der Waals surface area contributed by atoms with E-state index < -0.39 is 0 Å². The van der Waals surface area contributed by atoms with Gasteiger partial charge in [0.15, 0.2) is 5.78 Å². The van der Waals surface area contributed by atoms with Crippen LogP contribution in [0, 0.1) is 0 Å². The first-order chi connectivity index (χ1) is 6.79. The molecule has 1 aliphatic rings. The maximum Gasteiger partial charge on any atom is 0.184 e. The summed E-state index contributed by atoms with van der Waals surface area (Å²) in [4.78, 5) is 11.9. The third-order valence-electron chi connectivity index (χ3n) is 2.12. The standard InChI is InChI=1S/C9H10ClNO2S/c10-9-6(1-4-14-9)8(12)7-5-13-3-2-11-7/h1,4,7,11H,2-3,5H2. The van der Waals surface area contributed by atoms with Gasteiger partial charge in [0.2, 0.25) is 0 Å². The quantitative estimate of drug-likeness (QED) is 0.786. The minimum atomic E-state index is -0.240. The number of ether oxygens (including phenoxy) is 1. The molecule has 1 unspecified atom stereocenters. The van der Waals surface area contributed by atoms with Gasteiger partial charge in [0.05, 0.1) is 19.3 Å².